The van der Waals surface area contributed by atoms with Crippen LogP contribution in [0.25, 0.3) is 0 Å². The van der Waals surface area contributed by atoms with Crippen molar-refractivity contribution in [3.05, 3.63) is 28.3 Å². The zero-order chi connectivity index (χ0) is 13.8. The van der Waals surface area contributed by atoms with Gasteiger partial charge in [0.05, 0.1) is 19.2 Å². The number of halogens is 1. The maximum absolute atomic E-state index is 9.12. The third-order valence-corrected chi connectivity index (χ3v) is 10.0. The van der Waals surface area contributed by atoms with E-state index in [1.54, 1.807) is 6.07 Å². The zero-order valence-corrected chi connectivity index (χ0v) is 12.8. The Kier molecular flexibility index (Phi) is 4.96. The summed E-state index contributed by atoms with van der Waals surface area (Å²) in [7, 11) is -1.61. The van der Waals surface area contributed by atoms with E-state index in [1.807, 2.05) is 12.1 Å². The fraction of sp³-hybridized carbons (Fsp3) is 0.429. The number of rotatable bonds is 4. The van der Waals surface area contributed by atoms with Crippen LogP contribution in [0.3, 0.4) is 0 Å². The molecule has 0 fully saturated rings. The van der Waals surface area contributed by atoms with Crippen LogP contribution in [0.4, 0.5) is 0 Å². The maximum atomic E-state index is 9.12. The number of hydrogen-bond donors (Lipinski definition) is 0. The van der Waals surface area contributed by atoms with E-state index in [0.717, 1.165) is 23.3 Å². The van der Waals surface area contributed by atoms with Crippen molar-refractivity contribution < 1.29 is 0 Å². The molecule has 4 heteroatoms. The normalized spacial score (nSPS) is 10.8. The minimum atomic E-state index is -1.61. The molecule has 1 aromatic rings. The lowest BCUT2D eigenvalue weighted by molar-refractivity contribution is 1.19. The largest absolute Gasteiger partial charge is 0.192 e. The molecule has 0 saturated carbocycles. The van der Waals surface area contributed by atoms with E-state index in [-0.39, 0.29) is 0 Å². The second-order valence-electron chi connectivity index (χ2n) is 4.44. The summed E-state index contributed by atoms with van der Waals surface area (Å²) < 4.78 is 0. The van der Waals surface area contributed by atoms with Crippen LogP contribution in [-0.2, 0) is 0 Å². The molecule has 0 aliphatic rings. The van der Waals surface area contributed by atoms with Crippen LogP contribution < -0.4 is 5.19 Å². The molecule has 0 saturated heterocycles. The van der Waals surface area contributed by atoms with E-state index >= 15 is 0 Å². The summed E-state index contributed by atoms with van der Waals surface area (Å²) in [6, 6.07) is 11.0. The highest BCUT2D eigenvalue weighted by atomic mass is 35.5. The fourth-order valence-corrected chi connectivity index (χ4v) is 6.92. The predicted molar refractivity (Wildman–Crippen MR) is 77.7 cm³/mol. The molecular formula is C14H17ClN2Si. The molecule has 0 heterocycles. The Labute approximate surface area is 115 Å². The molecule has 0 aliphatic carbocycles. The highest BCUT2D eigenvalue weighted by molar-refractivity contribution is 6.93. The van der Waals surface area contributed by atoms with Crippen LogP contribution >= 0.6 is 11.6 Å². The smallest absolute Gasteiger partial charge is 0.101 e. The fourth-order valence-electron chi connectivity index (χ4n) is 2.49. The standard InChI is InChI=1S/C14H17ClN2Si/c1-4-18(5-2,6-3)14-8-12(10-17)11(9-16)7-13(14)15/h7-8H,4-6H2,1-3H3. The summed E-state index contributed by atoms with van der Waals surface area (Å²) in [4.78, 5) is 0. The summed E-state index contributed by atoms with van der Waals surface area (Å²) in [5.74, 6) is 0. The topological polar surface area (TPSA) is 47.6 Å². The first-order valence-corrected chi connectivity index (χ1v) is 9.22. The third kappa shape index (κ3) is 2.43. The third-order valence-electron chi connectivity index (χ3n) is 3.95. The lowest BCUT2D eigenvalue weighted by Crippen LogP contribution is -2.46. The van der Waals surface area contributed by atoms with Crippen molar-refractivity contribution in [2.75, 3.05) is 0 Å². The highest BCUT2D eigenvalue weighted by Gasteiger charge is 2.32. The predicted octanol–water partition coefficient (Wildman–Crippen LogP) is 3.80. The second kappa shape index (κ2) is 6.04. The lowest BCUT2D eigenvalue weighted by Gasteiger charge is -2.29. The summed E-state index contributed by atoms with van der Waals surface area (Å²) in [6.07, 6.45) is 0. The Morgan fingerprint density at radius 2 is 1.44 bits per heavy atom. The molecule has 0 unspecified atom stereocenters. The van der Waals surface area contributed by atoms with Crippen LogP contribution in [-0.4, -0.2) is 8.07 Å². The minimum absolute atomic E-state index is 0.373. The van der Waals surface area contributed by atoms with E-state index in [0.29, 0.717) is 16.1 Å². The zero-order valence-electron chi connectivity index (χ0n) is 11.0. The van der Waals surface area contributed by atoms with Gasteiger partial charge in [-0.05, 0) is 17.3 Å². The molecule has 18 heavy (non-hydrogen) atoms. The van der Waals surface area contributed by atoms with Crippen molar-refractivity contribution in [2.24, 2.45) is 0 Å². The molecule has 1 rings (SSSR count). The van der Waals surface area contributed by atoms with E-state index in [9.17, 15) is 0 Å². The summed E-state index contributed by atoms with van der Waals surface area (Å²) in [6.45, 7) is 6.58. The second-order valence-corrected chi connectivity index (χ2v) is 10.1. The first kappa shape index (κ1) is 14.8. The molecule has 1 aromatic carbocycles. The highest BCUT2D eigenvalue weighted by Crippen LogP contribution is 2.25. The summed E-state index contributed by atoms with van der Waals surface area (Å²) >= 11 is 6.33. The molecule has 0 bridgehead atoms. The van der Waals surface area contributed by atoms with Crippen molar-refractivity contribution in [3.63, 3.8) is 0 Å². The van der Waals surface area contributed by atoms with E-state index < -0.39 is 8.07 Å². The minimum Gasteiger partial charge on any atom is -0.192 e. The average Bonchev–Trinajstić information content (AvgIpc) is 2.42. The van der Waals surface area contributed by atoms with Gasteiger partial charge in [-0.15, -0.1) is 0 Å². The summed E-state index contributed by atoms with van der Waals surface area (Å²) in [5.41, 5.74) is 0.821. The molecule has 0 N–H and O–H groups in total. The number of benzene rings is 1. The van der Waals surface area contributed by atoms with E-state index in [4.69, 9.17) is 22.1 Å². The first-order valence-electron chi connectivity index (χ1n) is 6.22. The van der Waals surface area contributed by atoms with Gasteiger partial charge in [0, 0.05) is 5.02 Å². The molecule has 0 spiro atoms. The first-order chi connectivity index (χ1) is 8.58. The van der Waals surface area contributed by atoms with Crippen LogP contribution in [0, 0.1) is 22.7 Å². The maximum Gasteiger partial charge on any atom is 0.101 e. The van der Waals surface area contributed by atoms with Gasteiger partial charge in [0.25, 0.3) is 0 Å². The molecular weight excluding hydrogens is 260 g/mol. The van der Waals surface area contributed by atoms with Gasteiger partial charge in [-0.25, -0.2) is 0 Å². The Balaban J connectivity index is 3.52. The molecule has 94 valence electrons. The Hall–Kier alpha value is -1.29. The lowest BCUT2D eigenvalue weighted by atomic mass is 10.1. The number of nitriles is 2. The van der Waals surface area contributed by atoms with Crippen LogP contribution in [0.15, 0.2) is 12.1 Å². The van der Waals surface area contributed by atoms with Gasteiger partial charge in [-0.1, -0.05) is 50.5 Å². The molecule has 0 radical (unpaired) electrons. The average molecular weight is 277 g/mol. The monoisotopic (exact) mass is 276 g/mol. The molecule has 2 nitrogen and oxygen atoms in total. The quantitative estimate of drug-likeness (QED) is 0.786. The van der Waals surface area contributed by atoms with Gasteiger partial charge in [-0.2, -0.15) is 10.5 Å². The van der Waals surface area contributed by atoms with Gasteiger partial charge >= 0.3 is 0 Å². The van der Waals surface area contributed by atoms with Crippen molar-refractivity contribution >= 4 is 24.9 Å². The number of nitrogens with zero attached hydrogens (tertiary/aromatic N) is 2. The van der Waals surface area contributed by atoms with Crippen LogP contribution in [0.2, 0.25) is 23.2 Å². The van der Waals surface area contributed by atoms with Crippen molar-refractivity contribution in [1.29, 1.82) is 10.5 Å². The molecule has 0 aromatic heterocycles. The van der Waals surface area contributed by atoms with Gasteiger partial charge in [0.2, 0.25) is 0 Å². The van der Waals surface area contributed by atoms with Gasteiger partial charge in [0.1, 0.15) is 12.1 Å². The van der Waals surface area contributed by atoms with Gasteiger partial charge in [-0.3, -0.25) is 0 Å². The van der Waals surface area contributed by atoms with E-state index in [1.165, 1.54) is 0 Å². The molecule has 0 amide bonds. The van der Waals surface area contributed by atoms with Crippen molar-refractivity contribution in [3.8, 4) is 12.1 Å². The SMILES string of the molecule is CC[Si](CC)(CC)c1cc(C#N)c(C#N)cc1Cl. The van der Waals surface area contributed by atoms with Crippen molar-refractivity contribution in [2.45, 2.75) is 38.9 Å². The van der Waals surface area contributed by atoms with Crippen molar-refractivity contribution in [1.82, 2.24) is 0 Å². The van der Waals surface area contributed by atoms with Crippen LogP contribution in [0.1, 0.15) is 31.9 Å². The molecule has 0 aliphatic heterocycles. The van der Waals surface area contributed by atoms with Gasteiger partial charge in [0.15, 0.2) is 0 Å². The Morgan fingerprint density at radius 3 is 1.83 bits per heavy atom. The van der Waals surface area contributed by atoms with E-state index in [2.05, 4.69) is 26.8 Å². The Bertz CT molecular complexity index is 514. The summed E-state index contributed by atoms with van der Waals surface area (Å²) in [5, 5.41) is 19.9. The number of hydrogen-bond acceptors (Lipinski definition) is 2. The Morgan fingerprint density at radius 1 is 1.00 bits per heavy atom. The van der Waals surface area contributed by atoms with Gasteiger partial charge < -0.3 is 0 Å². The van der Waals surface area contributed by atoms with Crippen LogP contribution in [0.5, 0.6) is 0 Å². The molecule has 0 atom stereocenters.